The van der Waals surface area contributed by atoms with Crippen LogP contribution < -0.4 is 15.5 Å². The Morgan fingerprint density at radius 2 is 1.76 bits per heavy atom. The SMILES string of the molecule is N#CCNC(=O)c1ccc(-c2ccnc(Nc3ccc(N4CCN([C@@H]5CCS(=O)(=O)C5)CC4)cc3)n2)cc1. The largest absolute Gasteiger partial charge is 0.369 e. The van der Waals surface area contributed by atoms with Crippen molar-refractivity contribution in [2.24, 2.45) is 0 Å². The lowest BCUT2D eigenvalue weighted by molar-refractivity contribution is 0.0958. The van der Waals surface area contributed by atoms with Gasteiger partial charge in [0.25, 0.3) is 5.91 Å². The zero-order valence-electron chi connectivity index (χ0n) is 20.9. The molecule has 5 rings (SSSR count). The first kappa shape index (κ1) is 25.6. The Labute approximate surface area is 222 Å². The van der Waals surface area contributed by atoms with Crippen molar-refractivity contribution in [3.8, 4) is 17.3 Å². The zero-order valence-corrected chi connectivity index (χ0v) is 21.7. The quantitative estimate of drug-likeness (QED) is 0.441. The number of sulfone groups is 1. The first-order valence-electron chi connectivity index (χ1n) is 12.6. The average molecular weight is 532 g/mol. The van der Waals surface area contributed by atoms with Crippen LogP contribution in [0.2, 0.25) is 0 Å². The molecule has 0 radical (unpaired) electrons. The van der Waals surface area contributed by atoms with E-state index >= 15 is 0 Å². The molecule has 0 unspecified atom stereocenters. The topological polar surface area (TPSA) is 131 Å². The summed E-state index contributed by atoms with van der Waals surface area (Å²) in [5.74, 6) is 0.778. The van der Waals surface area contributed by atoms with Gasteiger partial charge in [-0.2, -0.15) is 5.26 Å². The number of hydrogen-bond donors (Lipinski definition) is 2. The molecule has 2 N–H and O–H groups in total. The Morgan fingerprint density at radius 1 is 1.03 bits per heavy atom. The molecule has 11 heteroatoms. The average Bonchev–Trinajstić information content (AvgIpc) is 3.32. The Kier molecular flexibility index (Phi) is 7.53. The number of nitrogens with one attached hydrogen (secondary N) is 2. The van der Waals surface area contributed by atoms with Crippen LogP contribution in [0, 0.1) is 11.3 Å². The summed E-state index contributed by atoms with van der Waals surface area (Å²) < 4.78 is 23.6. The van der Waals surface area contributed by atoms with Crippen LogP contribution in [-0.2, 0) is 9.84 Å². The number of piperazine rings is 1. The van der Waals surface area contributed by atoms with Crippen molar-refractivity contribution in [2.75, 3.05) is 54.4 Å². The second-order valence-corrected chi connectivity index (χ2v) is 11.7. The number of nitriles is 1. The van der Waals surface area contributed by atoms with Crippen molar-refractivity contribution >= 4 is 33.1 Å². The molecule has 1 amide bonds. The summed E-state index contributed by atoms with van der Waals surface area (Å²) in [6.45, 7) is 3.44. The minimum absolute atomic E-state index is 0.0339. The fourth-order valence-corrected chi connectivity index (χ4v) is 6.65. The predicted octanol–water partition coefficient (Wildman–Crippen LogP) is 2.45. The fraction of sp³-hybridized carbons (Fsp3) is 0.333. The molecular weight excluding hydrogens is 502 g/mol. The van der Waals surface area contributed by atoms with Gasteiger partial charge in [0.1, 0.15) is 6.54 Å². The van der Waals surface area contributed by atoms with Gasteiger partial charge in [-0.25, -0.2) is 18.4 Å². The smallest absolute Gasteiger partial charge is 0.252 e. The third kappa shape index (κ3) is 6.10. The van der Waals surface area contributed by atoms with Crippen molar-refractivity contribution < 1.29 is 13.2 Å². The van der Waals surface area contributed by atoms with Crippen LogP contribution >= 0.6 is 0 Å². The summed E-state index contributed by atoms with van der Waals surface area (Å²) in [5, 5.41) is 14.4. The van der Waals surface area contributed by atoms with Crippen molar-refractivity contribution in [1.82, 2.24) is 20.2 Å². The summed E-state index contributed by atoms with van der Waals surface area (Å²) in [7, 11) is -2.86. The number of amides is 1. The highest BCUT2D eigenvalue weighted by Crippen LogP contribution is 2.25. The molecule has 0 spiro atoms. The zero-order chi connectivity index (χ0) is 26.5. The van der Waals surface area contributed by atoms with Gasteiger partial charge in [0.15, 0.2) is 9.84 Å². The minimum atomic E-state index is -2.86. The number of carbonyl (C=O) groups excluding carboxylic acids is 1. The van der Waals surface area contributed by atoms with Gasteiger partial charge in [0.05, 0.1) is 23.3 Å². The summed E-state index contributed by atoms with van der Waals surface area (Å²) in [5.41, 5.74) is 4.03. The number of carbonyl (C=O) groups is 1. The normalized spacial score (nSPS) is 19.0. The number of anilines is 3. The molecule has 1 aromatic heterocycles. The van der Waals surface area contributed by atoms with Crippen LogP contribution in [0.4, 0.5) is 17.3 Å². The van der Waals surface area contributed by atoms with E-state index in [-0.39, 0.29) is 18.5 Å². The summed E-state index contributed by atoms with van der Waals surface area (Å²) >= 11 is 0. The van der Waals surface area contributed by atoms with Crippen molar-refractivity contribution in [3.63, 3.8) is 0 Å². The number of aromatic nitrogens is 2. The summed E-state index contributed by atoms with van der Waals surface area (Å²) in [6.07, 6.45) is 2.43. The monoisotopic (exact) mass is 531 g/mol. The maximum Gasteiger partial charge on any atom is 0.252 e. The highest BCUT2D eigenvalue weighted by molar-refractivity contribution is 7.91. The second-order valence-electron chi connectivity index (χ2n) is 9.44. The molecule has 3 aromatic rings. The molecule has 196 valence electrons. The van der Waals surface area contributed by atoms with Crippen LogP contribution in [0.5, 0.6) is 0 Å². The number of rotatable bonds is 7. The lowest BCUT2D eigenvalue weighted by atomic mass is 10.1. The fourth-order valence-electron chi connectivity index (χ4n) is 4.89. The molecular formula is C27H29N7O3S. The summed E-state index contributed by atoms with van der Waals surface area (Å²) in [6, 6.07) is 19.0. The molecule has 2 aromatic carbocycles. The van der Waals surface area contributed by atoms with Crippen molar-refractivity contribution in [3.05, 3.63) is 66.4 Å². The van der Waals surface area contributed by atoms with Gasteiger partial charge in [-0.15, -0.1) is 0 Å². The van der Waals surface area contributed by atoms with Gasteiger partial charge in [0, 0.05) is 60.9 Å². The van der Waals surface area contributed by atoms with E-state index in [4.69, 9.17) is 5.26 Å². The molecule has 2 saturated heterocycles. The number of hydrogen-bond acceptors (Lipinski definition) is 9. The molecule has 10 nitrogen and oxygen atoms in total. The molecule has 1 atom stereocenters. The van der Waals surface area contributed by atoms with Crippen molar-refractivity contribution in [2.45, 2.75) is 12.5 Å². The van der Waals surface area contributed by atoms with E-state index in [1.807, 2.05) is 30.3 Å². The lowest BCUT2D eigenvalue weighted by Crippen LogP contribution is -2.50. The first-order valence-corrected chi connectivity index (χ1v) is 14.4. The Hall–Kier alpha value is -4.01. The molecule has 38 heavy (non-hydrogen) atoms. The molecule has 2 aliphatic rings. The second kappa shape index (κ2) is 11.2. The number of nitrogens with zero attached hydrogens (tertiary/aromatic N) is 5. The lowest BCUT2D eigenvalue weighted by Gasteiger charge is -2.38. The van der Waals surface area contributed by atoms with Crippen LogP contribution in [0.25, 0.3) is 11.3 Å². The Bertz CT molecular complexity index is 1430. The maximum absolute atomic E-state index is 12.0. The first-order chi connectivity index (χ1) is 18.4. The number of benzene rings is 2. The van der Waals surface area contributed by atoms with Gasteiger partial charge >= 0.3 is 0 Å². The van der Waals surface area contributed by atoms with E-state index < -0.39 is 9.84 Å². The maximum atomic E-state index is 12.0. The Balaban J connectivity index is 1.17. The van der Waals surface area contributed by atoms with Gasteiger partial charge in [-0.1, -0.05) is 12.1 Å². The van der Waals surface area contributed by atoms with Crippen LogP contribution in [0.3, 0.4) is 0 Å². The molecule has 2 aliphatic heterocycles. The molecule has 0 aliphatic carbocycles. The van der Waals surface area contributed by atoms with E-state index in [1.54, 1.807) is 24.4 Å². The third-order valence-corrected chi connectivity index (χ3v) is 8.70. The van der Waals surface area contributed by atoms with Crippen molar-refractivity contribution in [1.29, 1.82) is 5.26 Å². The highest BCUT2D eigenvalue weighted by Gasteiger charge is 2.33. The van der Waals surface area contributed by atoms with Gasteiger partial charge in [-0.05, 0) is 48.9 Å². The van der Waals surface area contributed by atoms with E-state index in [1.165, 1.54) is 0 Å². The standard InChI is InChI=1S/C27H29N7O3S/c28-11-13-29-26(35)21-3-1-20(2-4-21)25-9-12-30-27(32-25)31-22-5-7-23(8-6-22)33-14-16-34(17-15-33)24-10-18-38(36,37)19-24/h1-9,12,24H,10,13-19H2,(H,29,35)(H,30,31,32)/t24-/m1/s1. The highest BCUT2D eigenvalue weighted by atomic mass is 32.2. The third-order valence-electron chi connectivity index (χ3n) is 6.95. The van der Waals surface area contributed by atoms with Gasteiger partial charge < -0.3 is 15.5 Å². The predicted molar refractivity (Wildman–Crippen MR) is 146 cm³/mol. The molecule has 3 heterocycles. The van der Waals surface area contributed by atoms with Gasteiger partial charge in [-0.3, -0.25) is 9.69 Å². The summed E-state index contributed by atoms with van der Waals surface area (Å²) in [4.78, 5) is 25.6. The van der Waals surface area contributed by atoms with Crippen LogP contribution in [0.1, 0.15) is 16.8 Å². The van der Waals surface area contributed by atoms with Crippen LogP contribution in [-0.4, -0.2) is 79.5 Å². The van der Waals surface area contributed by atoms with E-state index in [2.05, 4.69) is 42.5 Å². The molecule has 0 bridgehead atoms. The Morgan fingerprint density at radius 3 is 2.42 bits per heavy atom. The van der Waals surface area contributed by atoms with E-state index in [9.17, 15) is 13.2 Å². The van der Waals surface area contributed by atoms with Gasteiger partial charge in [0.2, 0.25) is 5.95 Å². The minimum Gasteiger partial charge on any atom is -0.369 e. The molecule has 2 fully saturated rings. The van der Waals surface area contributed by atoms with Crippen LogP contribution in [0.15, 0.2) is 60.8 Å². The van der Waals surface area contributed by atoms with E-state index in [0.29, 0.717) is 23.0 Å². The molecule has 0 saturated carbocycles. The van der Waals surface area contributed by atoms with E-state index in [0.717, 1.165) is 55.2 Å².